The lowest BCUT2D eigenvalue weighted by Crippen LogP contribution is -2.60. The number of rotatable bonds is 14. The summed E-state index contributed by atoms with van der Waals surface area (Å²) in [5.41, 5.74) is 1.36. The summed E-state index contributed by atoms with van der Waals surface area (Å²) in [5, 5.41) is 22.6. The topological polar surface area (TPSA) is 279 Å². The van der Waals surface area contributed by atoms with Crippen LogP contribution >= 0.6 is 0 Å². The van der Waals surface area contributed by atoms with Gasteiger partial charge >= 0.3 is 0 Å². The number of ketones is 1. The van der Waals surface area contributed by atoms with E-state index in [9.17, 15) is 48.3 Å². The van der Waals surface area contributed by atoms with Crippen molar-refractivity contribution in [2.75, 3.05) is 62.4 Å². The lowest BCUT2D eigenvalue weighted by atomic mass is 9.91. The summed E-state index contributed by atoms with van der Waals surface area (Å²) in [5.74, 6) is -8.28. The number of aliphatic hydroxyl groups is 1. The van der Waals surface area contributed by atoms with Crippen molar-refractivity contribution in [2.24, 2.45) is 35.5 Å². The minimum Gasteiger partial charge on any atom is -0.391 e. The summed E-state index contributed by atoms with van der Waals surface area (Å²) in [7, 11) is 10.5. The zero-order valence-electron chi connectivity index (χ0n) is 59.5. The first-order valence-corrected chi connectivity index (χ1v) is 33.1. The molecule has 0 spiro atoms. The highest BCUT2D eigenvalue weighted by Gasteiger charge is 2.43. The van der Waals surface area contributed by atoms with Gasteiger partial charge < -0.3 is 55.8 Å². The van der Waals surface area contributed by atoms with Gasteiger partial charge in [-0.1, -0.05) is 136 Å². The van der Waals surface area contributed by atoms with Crippen molar-refractivity contribution in [2.45, 2.75) is 208 Å². The Morgan fingerprint density at radius 2 is 0.925 bits per heavy atom. The monoisotopic (exact) mass is 1300 g/mol. The third-order valence-corrected chi connectivity index (χ3v) is 18.1. The predicted octanol–water partition coefficient (Wildman–Crippen LogP) is 4.17. The van der Waals surface area contributed by atoms with Gasteiger partial charge in [-0.2, -0.15) is 0 Å². The average Bonchev–Trinajstić information content (AvgIpc) is 0.917. The molecular formula is C70H113N11O12. The largest absolute Gasteiger partial charge is 0.391 e. The molecule has 0 saturated carbocycles. The Morgan fingerprint density at radius 3 is 1.40 bits per heavy atom. The second kappa shape index (κ2) is 37.0. The average molecular weight is 1300 g/mol. The summed E-state index contributed by atoms with van der Waals surface area (Å²) in [6.45, 7) is 24.5. The summed E-state index contributed by atoms with van der Waals surface area (Å²) >= 11 is 0. The Kier molecular flexibility index (Phi) is 31.8. The smallest absolute Gasteiger partial charge is 0.246 e. The zero-order chi connectivity index (χ0) is 70.6. The Hall–Kier alpha value is -7.27. The van der Waals surface area contributed by atoms with Crippen molar-refractivity contribution in [1.29, 1.82) is 0 Å². The Labute approximate surface area is 554 Å². The molecule has 1 unspecified atom stereocenters. The number of amides is 10. The lowest BCUT2D eigenvalue weighted by Gasteiger charge is -2.38. The molecule has 2 aromatic carbocycles. The van der Waals surface area contributed by atoms with Gasteiger partial charge in [0.25, 0.3) is 0 Å². The number of carbonyl (C=O) groups excluding carboxylic acids is 11. The number of nitrogens with one attached hydrogen (secondary N) is 4. The zero-order valence-corrected chi connectivity index (χ0v) is 59.5. The highest BCUT2D eigenvalue weighted by Crippen LogP contribution is 2.24. The second-order valence-corrected chi connectivity index (χ2v) is 27.7. The molecule has 3 rings (SSSR count). The Balaban J connectivity index is 2.28. The normalized spacial score (nSPS) is 26.7. The van der Waals surface area contributed by atoms with Gasteiger partial charge in [-0.25, -0.2) is 0 Å². The van der Waals surface area contributed by atoms with E-state index in [1.807, 2.05) is 55.4 Å². The molecule has 1 aliphatic rings. The van der Waals surface area contributed by atoms with Crippen LogP contribution in [-0.4, -0.2) is 233 Å². The van der Waals surface area contributed by atoms with Crippen molar-refractivity contribution < 1.29 is 57.8 Å². The van der Waals surface area contributed by atoms with Crippen molar-refractivity contribution in [3.8, 4) is 0 Å². The third kappa shape index (κ3) is 23.0. The van der Waals surface area contributed by atoms with Gasteiger partial charge in [0.15, 0.2) is 5.78 Å². The van der Waals surface area contributed by atoms with Crippen molar-refractivity contribution in [1.82, 2.24) is 55.6 Å². The highest BCUT2D eigenvalue weighted by atomic mass is 16.3. The first-order chi connectivity index (χ1) is 43.4. The van der Waals surface area contributed by atoms with E-state index in [-0.39, 0.29) is 68.2 Å². The van der Waals surface area contributed by atoms with Crippen LogP contribution in [0.3, 0.4) is 0 Å². The van der Waals surface area contributed by atoms with Gasteiger partial charge in [-0.3, -0.25) is 57.6 Å². The molecule has 5 N–H and O–H groups in total. The van der Waals surface area contributed by atoms with E-state index in [1.165, 1.54) is 99.4 Å². The van der Waals surface area contributed by atoms with Crippen LogP contribution in [-0.2, 0) is 65.6 Å². The fourth-order valence-electron chi connectivity index (χ4n) is 11.9. The first kappa shape index (κ1) is 80.0. The predicted molar refractivity (Wildman–Crippen MR) is 359 cm³/mol. The number of hydrogen-bond acceptors (Lipinski definition) is 13. The van der Waals surface area contributed by atoms with E-state index >= 15 is 9.59 Å². The van der Waals surface area contributed by atoms with Crippen molar-refractivity contribution in [3.63, 3.8) is 0 Å². The van der Waals surface area contributed by atoms with Crippen LogP contribution in [0.2, 0.25) is 0 Å². The molecule has 23 nitrogen and oxygen atoms in total. The molecular weight excluding hydrogens is 1190 g/mol. The molecule has 0 bridgehead atoms. The van der Waals surface area contributed by atoms with E-state index in [0.717, 1.165) is 0 Å². The Morgan fingerprint density at radius 1 is 0.473 bits per heavy atom. The summed E-state index contributed by atoms with van der Waals surface area (Å²) in [6.07, 6.45) is -0.666. The maximum atomic E-state index is 15.2. The lowest BCUT2D eigenvalue weighted by molar-refractivity contribution is -0.152. The molecule has 23 heteroatoms. The van der Waals surface area contributed by atoms with Crippen LogP contribution < -0.4 is 21.3 Å². The molecule has 520 valence electrons. The third-order valence-electron chi connectivity index (χ3n) is 18.1. The van der Waals surface area contributed by atoms with Crippen LogP contribution in [0.4, 0.5) is 0 Å². The molecule has 13 atom stereocenters. The number of carbonyl (C=O) groups is 11. The van der Waals surface area contributed by atoms with Gasteiger partial charge in [-0.15, -0.1) is 0 Å². The van der Waals surface area contributed by atoms with E-state index in [1.54, 1.807) is 86.5 Å². The SMILES string of the molecule is CC[C@H](C)[C@H]1C(=O)CN(C)C[C@@H](CC(C)C)C(=O)NC(C)C(=O)N(C)[C@@H](CC(C)C)C(=O)N(C)[C@@H](Cc2ccccc2)C(=O)N[C@@H]([C@@H](C)O)CC(=O)N(C)[C@@H](Cc2ccccc2)C(=O)N(C)[C@@H](CC(C)C)C(=O)N(C)[C@@H](C)C(=O)N[C@@H](C)C(=O)N[C@H](C(C)C)C(=O)N1C. The second-order valence-electron chi connectivity index (χ2n) is 27.7. The first-order valence-electron chi connectivity index (χ1n) is 33.1. The van der Waals surface area contributed by atoms with Gasteiger partial charge in [0.05, 0.1) is 30.7 Å². The highest BCUT2D eigenvalue weighted by molar-refractivity contribution is 5.98. The number of benzene rings is 2. The van der Waals surface area contributed by atoms with Crippen LogP contribution in [0.25, 0.3) is 0 Å². The van der Waals surface area contributed by atoms with Crippen molar-refractivity contribution >= 4 is 64.9 Å². The standard InChI is InChI=1S/C70H113N11O12/c1-22-45(10)61-58(83)40-75(15)39-52(33-41(2)3)64(87)72-47(12)66(89)79(19)56(35-43(6)7)68(91)78(18)54(36-50-29-25-23-26-30-50)65(88)73-53(49(14)82)38-59(84)77(17)57(37-51-31-27-24-28-32-51)69(92)80(20)55(34-42(4)5)67(90)76(16)48(13)63(86)71-46(11)62(85)74-60(44(8)9)70(93)81(61)21/h23-32,41-49,52-57,60-61,82H,22,33-40H2,1-21H3,(H,71,86)(H,72,87)(H,73,88)(H,74,85)/t45-,46-,47?,48-,49+,52+,53+,54-,55-,56-,57-,60+,61-/m0/s1. The molecule has 93 heavy (non-hydrogen) atoms. The van der Waals surface area contributed by atoms with Crippen LogP contribution in [0.5, 0.6) is 0 Å². The van der Waals surface area contributed by atoms with Gasteiger partial charge in [0, 0.05) is 68.1 Å². The molecule has 1 saturated heterocycles. The summed E-state index contributed by atoms with van der Waals surface area (Å²) in [6, 6.07) is 6.24. The van der Waals surface area contributed by atoms with Crippen LogP contribution in [0.15, 0.2) is 60.7 Å². The molecule has 0 aliphatic carbocycles. The molecule has 0 aromatic heterocycles. The summed E-state index contributed by atoms with van der Waals surface area (Å²) < 4.78 is 0. The van der Waals surface area contributed by atoms with Gasteiger partial charge in [0.1, 0.15) is 48.3 Å². The molecule has 1 aliphatic heterocycles. The maximum Gasteiger partial charge on any atom is 0.246 e. The Bertz CT molecular complexity index is 2840. The maximum absolute atomic E-state index is 15.2. The molecule has 1 fully saturated rings. The van der Waals surface area contributed by atoms with Gasteiger partial charge in [-0.05, 0) is 94.7 Å². The van der Waals surface area contributed by atoms with Crippen LogP contribution in [0, 0.1) is 35.5 Å². The molecule has 10 amide bonds. The summed E-state index contributed by atoms with van der Waals surface area (Å²) in [4.78, 5) is 171. The minimum absolute atomic E-state index is 0.00673. The fourth-order valence-corrected chi connectivity index (χ4v) is 11.9. The molecule has 1 heterocycles. The molecule has 0 radical (unpaired) electrons. The number of hydrogen-bond donors (Lipinski definition) is 5. The van der Waals surface area contributed by atoms with E-state index in [4.69, 9.17) is 0 Å². The number of nitrogens with zero attached hydrogens (tertiary/aromatic N) is 7. The van der Waals surface area contributed by atoms with E-state index in [0.29, 0.717) is 24.0 Å². The van der Waals surface area contributed by atoms with E-state index < -0.39 is 144 Å². The minimum atomic E-state index is -1.34. The molecule has 2 aromatic rings. The number of Topliss-reactive ketones (excluding diaryl/α,β-unsaturated/α-hetero) is 1. The van der Waals surface area contributed by atoms with Gasteiger partial charge in [0.2, 0.25) is 59.1 Å². The quantitative estimate of drug-likeness (QED) is 0.178. The number of likely N-dealkylation sites (N-methyl/N-ethyl adjacent to an activating group) is 7. The van der Waals surface area contributed by atoms with Crippen molar-refractivity contribution in [3.05, 3.63) is 71.8 Å². The fraction of sp³-hybridized carbons (Fsp3) is 0.671. The van der Waals surface area contributed by atoms with E-state index in [2.05, 4.69) is 21.3 Å². The number of aliphatic hydroxyl groups excluding tert-OH is 1. The van der Waals surface area contributed by atoms with Crippen LogP contribution in [0.1, 0.15) is 140 Å².